The number of esters is 1. The summed E-state index contributed by atoms with van der Waals surface area (Å²) in [6, 6.07) is 20.6. The third kappa shape index (κ3) is 4.16. The van der Waals surface area contributed by atoms with Gasteiger partial charge < -0.3 is 4.74 Å². The molecule has 4 aromatic rings. The molecule has 0 aliphatic heterocycles. The molecule has 0 spiro atoms. The number of Topliss-reactive ketones (excluding diaryl/α,β-unsaturated/α-hetero) is 1. The van der Waals surface area contributed by atoms with Crippen LogP contribution in [-0.2, 0) is 9.53 Å². The highest BCUT2D eigenvalue weighted by Crippen LogP contribution is 2.26. The maximum Gasteiger partial charge on any atom is 0.318 e. The number of H-pyrrole nitrogens is 1. The molecule has 2 heterocycles. The highest BCUT2D eigenvalue weighted by atomic mass is 16.5. The lowest BCUT2D eigenvalue weighted by Crippen LogP contribution is -2.21. The Balaban J connectivity index is 1.54. The Kier molecular flexibility index (Phi) is 5.75. The van der Waals surface area contributed by atoms with Gasteiger partial charge in [0.15, 0.2) is 6.61 Å². The maximum absolute atomic E-state index is 13.0. The van der Waals surface area contributed by atoms with Crippen LogP contribution in [0, 0.1) is 13.8 Å². The van der Waals surface area contributed by atoms with Crippen molar-refractivity contribution in [1.29, 1.82) is 0 Å². The fourth-order valence-corrected chi connectivity index (χ4v) is 3.73. The first kappa shape index (κ1) is 20.3. The van der Waals surface area contributed by atoms with E-state index in [1.54, 1.807) is 10.6 Å². The van der Waals surface area contributed by atoms with Crippen molar-refractivity contribution < 1.29 is 14.3 Å². The molecule has 0 saturated carbocycles. The van der Waals surface area contributed by atoms with Crippen LogP contribution in [0.5, 0.6) is 0 Å². The minimum absolute atomic E-state index is 0.271. The first-order chi connectivity index (χ1) is 15.1. The van der Waals surface area contributed by atoms with Gasteiger partial charge in [-0.3, -0.25) is 14.2 Å². The Morgan fingerprint density at radius 3 is 2.16 bits per heavy atom. The lowest BCUT2D eigenvalue weighted by Gasteiger charge is -2.17. The topological polar surface area (TPSA) is 89.9 Å². The van der Waals surface area contributed by atoms with Crippen LogP contribution in [0.2, 0.25) is 0 Å². The number of benzene rings is 2. The zero-order chi connectivity index (χ0) is 21.8. The number of hydrogen-bond donors (Lipinski definition) is 1. The van der Waals surface area contributed by atoms with Gasteiger partial charge in [-0.2, -0.15) is 10.1 Å². The number of nitrogens with zero attached hydrogens (tertiary/aromatic N) is 3. The quantitative estimate of drug-likeness (QED) is 0.367. The fourth-order valence-electron chi connectivity index (χ4n) is 3.73. The summed E-state index contributed by atoms with van der Waals surface area (Å²) < 4.78 is 7.29. The molecule has 0 aliphatic carbocycles. The predicted molar refractivity (Wildman–Crippen MR) is 115 cm³/mol. The number of ketones is 1. The molecule has 0 aliphatic rings. The Bertz CT molecular complexity index is 1140. The molecule has 7 heteroatoms. The van der Waals surface area contributed by atoms with E-state index in [2.05, 4.69) is 15.2 Å². The van der Waals surface area contributed by atoms with Crippen LogP contribution in [0.25, 0.3) is 5.95 Å². The van der Waals surface area contributed by atoms with Crippen LogP contribution in [0.15, 0.2) is 73.1 Å². The summed E-state index contributed by atoms with van der Waals surface area (Å²) in [5.74, 6) is -0.807. The Morgan fingerprint density at radius 1 is 1.00 bits per heavy atom. The Hall–Kier alpha value is -4.00. The van der Waals surface area contributed by atoms with Gasteiger partial charge in [-0.25, -0.2) is 5.10 Å². The summed E-state index contributed by atoms with van der Waals surface area (Å²) >= 11 is 0. The molecule has 7 nitrogen and oxygen atoms in total. The largest absolute Gasteiger partial charge is 0.457 e. The van der Waals surface area contributed by atoms with Gasteiger partial charge in [0.2, 0.25) is 11.7 Å². The SMILES string of the molecule is Cc1cc(C(=O)COC(=O)C(c2ccccc2)c2ccccc2)c(C)n1-c1ncn[nH]1. The Morgan fingerprint density at radius 2 is 1.61 bits per heavy atom. The number of nitrogens with one attached hydrogen (secondary N) is 1. The molecule has 2 aromatic carbocycles. The molecule has 0 atom stereocenters. The minimum Gasteiger partial charge on any atom is -0.457 e. The van der Waals surface area contributed by atoms with Crippen molar-refractivity contribution in [3.8, 4) is 5.95 Å². The molecule has 0 bridgehead atoms. The highest BCUT2D eigenvalue weighted by Gasteiger charge is 2.26. The van der Waals surface area contributed by atoms with Gasteiger partial charge in [0.05, 0.1) is 0 Å². The normalized spacial score (nSPS) is 10.9. The van der Waals surface area contributed by atoms with Crippen LogP contribution in [0.1, 0.15) is 38.8 Å². The number of aromatic amines is 1. The van der Waals surface area contributed by atoms with Crippen LogP contribution >= 0.6 is 0 Å². The smallest absolute Gasteiger partial charge is 0.318 e. The van der Waals surface area contributed by atoms with E-state index in [0.717, 1.165) is 16.8 Å². The zero-order valence-electron chi connectivity index (χ0n) is 17.3. The second-order valence-electron chi connectivity index (χ2n) is 7.21. The van der Waals surface area contributed by atoms with Gasteiger partial charge in [0.25, 0.3) is 0 Å². The van der Waals surface area contributed by atoms with Crippen LogP contribution in [0.4, 0.5) is 0 Å². The summed E-state index contributed by atoms with van der Waals surface area (Å²) in [6.07, 6.45) is 1.41. The number of aromatic nitrogens is 4. The van der Waals surface area contributed by atoms with E-state index < -0.39 is 11.9 Å². The van der Waals surface area contributed by atoms with Gasteiger partial charge in [-0.1, -0.05) is 60.7 Å². The molecule has 156 valence electrons. The lowest BCUT2D eigenvalue weighted by molar-refractivity contribution is -0.143. The van der Waals surface area contributed by atoms with E-state index in [1.807, 2.05) is 74.5 Å². The van der Waals surface area contributed by atoms with E-state index in [4.69, 9.17) is 4.74 Å². The van der Waals surface area contributed by atoms with Gasteiger partial charge >= 0.3 is 5.97 Å². The number of hydrogen-bond acceptors (Lipinski definition) is 5. The summed E-state index contributed by atoms with van der Waals surface area (Å²) in [7, 11) is 0. The molecule has 4 rings (SSSR count). The monoisotopic (exact) mass is 414 g/mol. The third-order valence-corrected chi connectivity index (χ3v) is 5.19. The maximum atomic E-state index is 13.0. The number of rotatable bonds is 7. The van der Waals surface area contributed by atoms with Crippen molar-refractivity contribution in [3.63, 3.8) is 0 Å². The average molecular weight is 414 g/mol. The number of carbonyl (C=O) groups is 2. The van der Waals surface area contributed by atoms with Gasteiger partial charge in [0, 0.05) is 17.0 Å². The van der Waals surface area contributed by atoms with E-state index >= 15 is 0 Å². The third-order valence-electron chi connectivity index (χ3n) is 5.19. The first-order valence-corrected chi connectivity index (χ1v) is 9.90. The second kappa shape index (κ2) is 8.79. The molecule has 0 radical (unpaired) electrons. The standard InChI is InChI=1S/C24H22N4O3/c1-16-13-20(17(2)28(16)24-25-15-26-27-24)21(29)14-31-23(30)22(18-9-5-3-6-10-18)19-11-7-4-8-12-19/h3-13,15,22H,14H2,1-2H3,(H,25,26,27). The van der Waals surface area contributed by atoms with Crippen molar-refractivity contribution >= 4 is 11.8 Å². The molecular formula is C24H22N4O3. The van der Waals surface area contributed by atoms with E-state index in [-0.39, 0.29) is 12.4 Å². The molecule has 1 N–H and O–H groups in total. The predicted octanol–water partition coefficient (Wildman–Crippen LogP) is 3.77. The van der Waals surface area contributed by atoms with Gasteiger partial charge in [0.1, 0.15) is 12.2 Å². The zero-order valence-corrected chi connectivity index (χ0v) is 17.3. The Labute approximate surface area is 179 Å². The number of ether oxygens (including phenoxy) is 1. The fraction of sp³-hybridized carbons (Fsp3) is 0.167. The number of aryl methyl sites for hydroxylation is 1. The summed E-state index contributed by atoms with van der Waals surface area (Å²) in [6.45, 7) is 3.36. The van der Waals surface area contributed by atoms with Crippen LogP contribution in [0.3, 0.4) is 0 Å². The van der Waals surface area contributed by atoms with Crippen molar-refractivity contribution in [3.05, 3.63) is 101 Å². The molecular weight excluding hydrogens is 392 g/mol. The van der Waals surface area contributed by atoms with Crippen molar-refractivity contribution in [2.45, 2.75) is 19.8 Å². The van der Waals surface area contributed by atoms with E-state index in [1.165, 1.54) is 6.33 Å². The van der Waals surface area contributed by atoms with Crippen molar-refractivity contribution in [2.75, 3.05) is 6.61 Å². The van der Waals surface area contributed by atoms with Crippen molar-refractivity contribution in [2.24, 2.45) is 0 Å². The van der Waals surface area contributed by atoms with Gasteiger partial charge in [-0.05, 0) is 31.0 Å². The first-order valence-electron chi connectivity index (χ1n) is 9.90. The van der Waals surface area contributed by atoms with E-state index in [9.17, 15) is 9.59 Å². The molecule has 31 heavy (non-hydrogen) atoms. The minimum atomic E-state index is -0.600. The van der Waals surface area contributed by atoms with Crippen LogP contribution in [-0.4, -0.2) is 38.1 Å². The molecule has 0 saturated heterocycles. The van der Waals surface area contributed by atoms with E-state index in [0.29, 0.717) is 17.2 Å². The van der Waals surface area contributed by atoms with Gasteiger partial charge in [-0.15, -0.1) is 0 Å². The molecule has 2 aromatic heterocycles. The summed E-state index contributed by atoms with van der Waals surface area (Å²) in [5, 5.41) is 6.65. The molecule has 0 fully saturated rings. The van der Waals surface area contributed by atoms with Crippen LogP contribution < -0.4 is 0 Å². The second-order valence-corrected chi connectivity index (χ2v) is 7.21. The lowest BCUT2D eigenvalue weighted by atomic mass is 9.91. The number of carbonyl (C=O) groups excluding carboxylic acids is 2. The molecule has 0 amide bonds. The summed E-state index contributed by atoms with van der Waals surface area (Å²) in [5.41, 5.74) is 3.65. The average Bonchev–Trinajstić information content (AvgIpc) is 3.41. The highest BCUT2D eigenvalue weighted by molar-refractivity contribution is 5.99. The van der Waals surface area contributed by atoms with Crippen molar-refractivity contribution in [1.82, 2.24) is 19.7 Å². The molecule has 0 unspecified atom stereocenters. The summed E-state index contributed by atoms with van der Waals surface area (Å²) in [4.78, 5) is 30.0.